The smallest absolute Gasteiger partial charge is 0.271 e. The molecule has 7 heteroatoms. The summed E-state index contributed by atoms with van der Waals surface area (Å²) in [4.78, 5) is 15.2. The lowest BCUT2D eigenvalue weighted by Crippen LogP contribution is -2.40. The van der Waals surface area contributed by atoms with Crippen LogP contribution in [0.1, 0.15) is 41.4 Å². The first-order valence-corrected chi connectivity index (χ1v) is 10.6. The van der Waals surface area contributed by atoms with Gasteiger partial charge in [0.25, 0.3) is 5.91 Å². The third kappa shape index (κ3) is 4.77. The molecule has 1 N–H and O–H groups in total. The fourth-order valence-corrected chi connectivity index (χ4v) is 4.10. The minimum absolute atomic E-state index is 0.00838. The number of ether oxygens (including phenoxy) is 1. The summed E-state index contributed by atoms with van der Waals surface area (Å²) < 4.78 is 21.0. The molecule has 1 amide bonds. The molecule has 3 aromatic rings. The Bertz CT molecular complexity index is 1030. The number of methoxy groups -OCH3 is 1. The zero-order valence-corrected chi connectivity index (χ0v) is 17.6. The zero-order valence-electron chi connectivity index (χ0n) is 17.6. The van der Waals surface area contributed by atoms with Gasteiger partial charge in [-0.2, -0.15) is 5.10 Å². The number of hydrogen-bond donors (Lipinski definition) is 1. The predicted octanol–water partition coefficient (Wildman–Crippen LogP) is 3.98. The number of carbonyl (C=O) groups is 1. The van der Waals surface area contributed by atoms with E-state index < -0.39 is 0 Å². The van der Waals surface area contributed by atoms with Crippen LogP contribution in [0.3, 0.4) is 0 Å². The SMILES string of the molecule is COc1ccccc1C(CNC(=O)c1ccn(-c2ccccc2F)n1)N1CCCCC1. The number of amides is 1. The summed E-state index contributed by atoms with van der Waals surface area (Å²) in [5, 5.41) is 7.28. The Kier molecular flexibility index (Phi) is 6.62. The minimum atomic E-state index is -0.390. The van der Waals surface area contributed by atoms with Crippen LogP contribution >= 0.6 is 0 Å². The molecule has 0 saturated carbocycles. The number of hydrogen-bond acceptors (Lipinski definition) is 4. The van der Waals surface area contributed by atoms with E-state index in [4.69, 9.17) is 4.74 Å². The number of likely N-dealkylation sites (tertiary alicyclic amines) is 1. The number of rotatable bonds is 7. The molecule has 6 nitrogen and oxygen atoms in total. The molecule has 31 heavy (non-hydrogen) atoms. The molecule has 0 bridgehead atoms. The molecule has 0 spiro atoms. The van der Waals surface area contributed by atoms with Gasteiger partial charge in [0.1, 0.15) is 17.3 Å². The highest BCUT2D eigenvalue weighted by Crippen LogP contribution is 2.31. The van der Waals surface area contributed by atoms with E-state index in [1.54, 1.807) is 37.6 Å². The topological polar surface area (TPSA) is 59.4 Å². The summed E-state index contributed by atoms with van der Waals surface area (Å²) in [5.41, 5.74) is 1.62. The van der Waals surface area contributed by atoms with Gasteiger partial charge in [-0.1, -0.05) is 36.8 Å². The number of nitrogens with zero attached hydrogens (tertiary/aromatic N) is 3. The average Bonchev–Trinajstić information content (AvgIpc) is 3.30. The molecule has 0 radical (unpaired) electrons. The van der Waals surface area contributed by atoms with Gasteiger partial charge in [0, 0.05) is 18.3 Å². The van der Waals surface area contributed by atoms with Gasteiger partial charge in [0.15, 0.2) is 5.69 Å². The van der Waals surface area contributed by atoms with Crippen LogP contribution in [0.2, 0.25) is 0 Å². The van der Waals surface area contributed by atoms with E-state index in [1.165, 1.54) is 17.2 Å². The van der Waals surface area contributed by atoms with Crippen molar-refractivity contribution in [1.82, 2.24) is 20.0 Å². The highest BCUT2D eigenvalue weighted by Gasteiger charge is 2.25. The molecule has 1 aliphatic rings. The number of halogens is 1. The Labute approximate surface area is 181 Å². The van der Waals surface area contributed by atoms with Gasteiger partial charge in [-0.25, -0.2) is 9.07 Å². The number of nitrogens with one attached hydrogen (secondary N) is 1. The molecule has 1 fully saturated rings. The molecular weight excluding hydrogens is 395 g/mol. The van der Waals surface area contributed by atoms with E-state index in [1.807, 2.05) is 18.2 Å². The lowest BCUT2D eigenvalue weighted by atomic mass is 10.0. The Balaban J connectivity index is 1.50. The first-order valence-electron chi connectivity index (χ1n) is 10.6. The number of benzene rings is 2. The molecule has 1 atom stereocenters. The average molecular weight is 423 g/mol. The first kappa shape index (κ1) is 21.1. The first-order chi connectivity index (χ1) is 15.2. The molecule has 0 aliphatic carbocycles. The summed E-state index contributed by atoms with van der Waals surface area (Å²) in [5.74, 6) is 0.141. The molecular formula is C24H27FN4O2. The quantitative estimate of drug-likeness (QED) is 0.626. The highest BCUT2D eigenvalue weighted by atomic mass is 19.1. The highest BCUT2D eigenvalue weighted by molar-refractivity contribution is 5.92. The van der Waals surface area contributed by atoms with Gasteiger partial charge in [-0.3, -0.25) is 9.69 Å². The lowest BCUT2D eigenvalue weighted by Gasteiger charge is -2.35. The predicted molar refractivity (Wildman–Crippen MR) is 117 cm³/mol. The van der Waals surface area contributed by atoms with Crippen molar-refractivity contribution in [3.8, 4) is 11.4 Å². The van der Waals surface area contributed by atoms with Gasteiger partial charge in [-0.05, 0) is 50.2 Å². The van der Waals surface area contributed by atoms with Gasteiger partial charge >= 0.3 is 0 Å². The van der Waals surface area contributed by atoms with Crippen molar-refractivity contribution in [2.45, 2.75) is 25.3 Å². The largest absolute Gasteiger partial charge is 0.496 e. The molecule has 2 aromatic carbocycles. The van der Waals surface area contributed by atoms with Gasteiger partial charge in [0.2, 0.25) is 0 Å². The molecule has 1 aliphatic heterocycles. The fourth-order valence-electron chi connectivity index (χ4n) is 4.10. The van der Waals surface area contributed by atoms with Crippen LogP contribution in [0.25, 0.3) is 5.69 Å². The number of piperidine rings is 1. The van der Waals surface area contributed by atoms with E-state index in [0.29, 0.717) is 12.2 Å². The van der Waals surface area contributed by atoms with Crippen LogP contribution in [0.5, 0.6) is 5.75 Å². The Morgan fingerprint density at radius 3 is 2.61 bits per heavy atom. The molecule has 1 aromatic heterocycles. The maximum absolute atomic E-state index is 14.0. The summed E-state index contributed by atoms with van der Waals surface area (Å²) in [6.45, 7) is 2.41. The van der Waals surface area contributed by atoms with Crippen LogP contribution < -0.4 is 10.1 Å². The zero-order chi connectivity index (χ0) is 21.6. The van der Waals surface area contributed by atoms with Crippen LogP contribution in [0.15, 0.2) is 60.8 Å². The number of aromatic nitrogens is 2. The Morgan fingerprint density at radius 2 is 1.84 bits per heavy atom. The van der Waals surface area contributed by atoms with Crippen LogP contribution in [-0.4, -0.2) is 47.3 Å². The second-order valence-corrected chi connectivity index (χ2v) is 7.66. The van der Waals surface area contributed by atoms with E-state index in [-0.39, 0.29) is 23.5 Å². The molecule has 162 valence electrons. The van der Waals surface area contributed by atoms with Crippen molar-refractivity contribution < 1.29 is 13.9 Å². The summed E-state index contributed by atoms with van der Waals surface area (Å²) in [7, 11) is 1.67. The van der Waals surface area contributed by atoms with E-state index in [2.05, 4.69) is 21.4 Å². The third-order valence-electron chi connectivity index (χ3n) is 5.71. The molecule has 2 heterocycles. The monoisotopic (exact) mass is 422 g/mol. The summed E-state index contributed by atoms with van der Waals surface area (Å²) >= 11 is 0. The Morgan fingerprint density at radius 1 is 1.10 bits per heavy atom. The van der Waals surface area contributed by atoms with Crippen molar-refractivity contribution >= 4 is 5.91 Å². The minimum Gasteiger partial charge on any atom is -0.496 e. The standard InChI is InChI=1S/C24H27FN4O2/c1-31-23-12-6-3-9-18(23)22(28-14-7-2-8-15-28)17-26-24(30)20-13-16-29(27-20)21-11-5-4-10-19(21)25/h3-6,9-13,16,22H,2,7-8,14-15,17H2,1H3,(H,26,30). The maximum Gasteiger partial charge on any atom is 0.271 e. The van der Waals surface area contributed by atoms with Gasteiger partial charge in [-0.15, -0.1) is 0 Å². The van der Waals surface area contributed by atoms with Crippen molar-refractivity contribution in [3.05, 3.63) is 77.9 Å². The van der Waals surface area contributed by atoms with Crippen molar-refractivity contribution in [2.75, 3.05) is 26.7 Å². The number of carbonyl (C=O) groups excluding carboxylic acids is 1. The Hall–Kier alpha value is -3.19. The van der Waals surface area contributed by atoms with E-state index >= 15 is 0 Å². The lowest BCUT2D eigenvalue weighted by molar-refractivity contribution is 0.0918. The van der Waals surface area contributed by atoms with Gasteiger partial charge < -0.3 is 10.1 Å². The summed E-state index contributed by atoms with van der Waals surface area (Å²) in [6, 6.07) is 15.9. The van der Waals surface area contributed by atoms with Crippen molar-refractivity contribution in [3.63, 3.8) is 0 Å². The normalized spacial score (nSPS) is 15.4. The fraction of sp³-hybridized carbons (Fsp3) is 0.333. The van der Waals surface area contributed by atoms with Crippen molar-refractivity contribution in [1.29, 1.82) is 0 Å². The second-order valence-electron chi connectivity index (χ2n) is 7.66. The second kappa shape index (κ2) is 9.75. The maximum atomic E-state index is 14.0. The van der Waals surface area contributed by atoms with Crippen LogP contribution in [-0.2, 0) is 0 Å². The number of para-hydroxylation sites is 2. The molecule has 1 unspecified atom stereocenters. The van der Waals surface area contributed by atoms with E-state index in [9.17, 15) is 9.18 Å². The molecule has 1 saturated heterocycles. The summed E-state index contributed by atoms with van der Waals surface area (Å²) in [6.07, 6.45) is 5.12. The van der Waals surface area contributed by atoms with Crippen molar-refractivity contribution in [2.24, 2.45) is 0 Å². The van der Waals surface area contributed by atoms with Gasteiger partial charge in [0.05, 0.1) is 13.2 Å². The third-order valence-corrected chi connectivity index (χ3v) is 5.71. The van der Waals surface area contributed by atoms with E-state index in [0.717, 1.165) is 37.2 Å². The van der Waals surface area contributed by atoms with Crippen LogP contribution in [0, 0.1) is 5.82 Å². The molecule has 4 rings (SSSR count). The van der Waals surface area contributed by atoms with Crippen LogP contribution in [0.4, 0.5) is 4.39 Å².